The third-order valence-electron chi connectivity index (χ3n) is 5.92. The number of aliphatic hydroxyl groups is 2. The van der Waals surface area contributed by atoms with Crippen LogP contribution in [-0.2, 0) is 11.3 Å². The van der Waals surface area contributed by atoms with Crippen molar-refractivity contribution in [3.63, 3.8) is 0 Å². The van der Waals surface area contributed by atoms with Crippen LogP contribution in [0.3, 0.4) is 0 Å². The van der Waals surface area contributed by atoms with Crippen molar-refractivity contribution in [3.05, 3.63) is 71.7 Å². The van der Waals surface area contributed by atoms with Gasteiger partial charge in [-0.15, -0.1) is 0 Å². The minimum atomic E-state index is -1.17. The van der Waals surface area contributed by atoms with E-state index in [2.05, 4.69) is 0 Å². The first-order valence-corrected chi connectivity index (χ1v) is 12.6. The summed E-state index contributed by atoms with van der Waals surface area (Å²) in [5.74, 6) is -2.24. The number of hydrogen-bond acceptors (Lipinski definition) is 4. The van der Waals surface area contributed by atoms with Crippen LogP contribution in [0.1, 0.15) is 68.9 Å². The monoisotopic (exact) mass is 512 g/mol. The summed E-state index contributed by atoms with van der Waals surface area (Å²) in [5.41, 5.74) is 9.71. The zero-order valence-electron chi connectivity index (χ0n) is 21.8. The maximum Gasteiger partial charge on any atom is 0.305 e. The number of aliphatic carboxylic acids is 1. The number of primary amides is 1. The lowest BCUT2D eigenvalue weighted by Crippen LogP contribution is -2.22. The van der Waals surface area contributed by atoms with Gasteiger partial charge in [0.2, 0.25) is 0 Å². The number of nitrogens with zero attached hydrogens (tertiary/aromatic N) is 1. The lowest BCUT2D eigenvalue weighted by molar-refractivity contribution is -0.139. The standard InChI is InChI=1S/C27H31FN2O5.C2H6/c1-16(2)25-24(27(29)35)23(17-6-4-3-5-7-17)26(18-8-10-19(28)11-9-18)30(25)13-12-20(31)14-21(32)15-22(33)34;1-2/h3-11,16,20-21,31-32H,12-15H2,1-2H3,(H2,29,35)(H,33,34);1-2H3. The van der Waals surface area contributed by atoms with Crippen molar-refractivity contribution in [1.82, 2.24) is 4.57 Å². The van der Waals surface area contributed by atoms with E-state index in [9.17, 15) is 24.2 Å². The molecule has 0 saturated heterocycles. The molecule has 0 fully saturated rings. The van der Waals surface area contributed by atoms with Crippen LogP contribution in [0.25, 0.3) is 22.4 Å². The Labute approximate surface area is 217 Å². The van der Waals surface area contributed by atoms with E-state index in [1.54, 1.807) is 12.1 Å². The molecule has 1 aromatic heterocycles. The third kappa shape index (κ3) is 7.50. The number of carboxylic acid groups (broad SMARTS) is 1. The lowest BCUT2D eigenvalue weighted by Gasteiger charge is -2.20. The van der Waals surface area contributed by atoms with Crippen molar-refractivity contribution in [2.75, 3.05) is 0 Å². The third-order valence-corrected chi connectivity index (χ3v) is 5.92. The summed E-state index contributed by atoms with van der Waals surface area (Å²) < 4.78 is 15.7. The quantitative estimate of drug-likeness (QED) is 0.281. The molecule has 0 spiro atoms. The Balaban J connectivity index is 0.00000235. The number of aromatic nitrogens is 1. The fraction of sp³-hybridized carbons (Fsp3) is 0.379. The Kier molecular flexibility index (Phi) is 11.0. The molecule has 2 unspecified atom stereocenters. The summed E-state index contributed by atoms with van der Waals surface area (Å²) in [5, 5.41) is 29.3. The second kappa shape index (κ2) is 13.7. The van der Waals surface area contributed by atoms with Gasteiger partial charge in [0.25, 0.3) is 5.91 Å². The Morgan fingerprint density at radius 1 is 0.946 bits per heavy atom. The highest BCUT2D eigenvalue weighted by atomic mass is 19.1. The molecule has 8 heteroatoms. The van der Waals surface area contributed by atoms with E-state index in [1.165, 1.54) is 12.1 Å². The SMILES string of the molecule is CC.CC(C)c1c(C(N)=O)c(-c2ccccc2)c(-c2ccc(F)cc2)n1CCC(O)CC(O)CC(=O)O. The number of nitrogens with two attached hydrogens (primary N) is 1. The summed E-state index contributed by atoms with van der Waals surface area (Å²) in [4.78, 5) is 23.6. The topological polar surface area (TPSA) is 126 Å². The van der Waals surface area contributed by atoms with Gasteiger partial charge in [-0.1, -0.05) is 58.0 Å². The minimum absolute atomic E-state index is 0.0926. The number of carbonyl (C=O) groups excluding carboxylic acids is 1. The van der Waals surface area contributed by atoms with Gasteiger partial charge in [-0.25, -0.2) is 4.39 Å². The second-order valence-electron chi connectivity index (χ2n) is 8.96. The van der Waals surface area contributed by atoms with Gasteiger partial charge in [-0.3, -0.25) is 9.59 Å². The molecular formula is C29H37FN2O5. The summed E-state index contributed by atoms with van der Waals surface area (Å²) >= 11 is 0. The largest absolute Gasteiger partial charge is 0.481 e. The Morgan fingerprint density at radius 3 is 2.05 bits per heavy atom. The van der Waals surface area contributed by atoms with Crippen LogP contribution in [0.2, 0.25) is 0 Å². The fourth-order valence-corrected chi connectivity index (χ4v) is 4.51. The van der Waals surface area contributed by atoms with Crippen molar-refractivity contribution in [1.29, 1.82) is 0 Å². The summed E-state index contributed by atoms with van der Waals surface area (Å²) in [7, 11) is 0. The fourth-order valence-electron chi connectivity index (χ4n) is 4.51. The van der Waals surface area contributed by atoms with Crippen molar-refractivity contribution in [2.45, 2.75) is 71.6 Å². The number of halogens is 1. The van der Waals surface area contributed by atoms with Crippen molar-refractivity contribution >= 4 is 11.9 Å². The predicted molar refractivity (Wildman–Crippen MR) is 143 cm³/mol. The minimum Gasteiger partial charge on any atom is -0.481 e. The van der Waals surface area contributed by atoms with Gasteiger partial charge >= 0.3 is 5.97 Å². The Bertz CT molecular complexity index is 1170. The number of benzene rings is 2. The molecule has 200 valence electrons. The first-order valence-electron chi connectivity index (χ1n) is 12.6. The molecule has 5 N–H and O–H groups in total. The van der Waals surface area contributed by atoms with Gasteiger partial charge in [0.15, 0.2) is 0 Å². The highest BCUT2D eigenvalue weighted by Gasteiger charge is 2.29. The van der Waals surface area contributed by atoms with Gasteiger partial charge in [0, 0.05) is 17.8 Å². The average Bonchev–Trinajstić information content (AvgIpc) is 3.20. The van der Waals surface area contributed by atoms with E-state index in [0.717, 1.165) is 5.56 Å². The molecule has 7 nitrogen and oxygen atoms in total. The van der Waals surface area contributed by atoms with E-state index >= 15 is 0 Å². The molecule has 0 radical (unpaired) electrons. The highest BCUT2D eigenvalue weighted by Crippen LogP contribution is 2.42. The van der Waals surface area contributed by atoms with Crippen molar-refractivity contribution in [3.8, 4) is 22.4 Å². The lowest BCUT2D eigenvalue weighted by atomic mass is 9.94. The molecule has 3 rings (SSSR count). The van der Waals surface area contributed by atoms with Gasteiger partial charge < -0.3 is 25.6 Å². The van der Waals surface area contributed by atoms with Gasteiger partial charge in [-0.2, -0.15) is 0 Å². The normalized spacial score (nSPS) is 12.5. The van der Waals surface area contributed by atoms with E-state index in [1.807, 2.05) is 62.6 Å². The highest BCUT2D eigenvalue weighted by molar-refractivity contribution is 6.05. The van der Waals surface area contributed by atoms with E-state index in [-0.39, 0.29) is 25.3 Å². The molecular weight excluding hydrogens is 475 g/mol. The molecule has 3 aromatic rings. The molecule has 0 aliphatic rings. The van der Waals surface area contributed by atoms with Crippen LogP contribution in [0, 0.1) is 5.82 Å². The molecule has 0 aliphatic heterocycles. The second-order valence-corrected chi connectivity index (χ2v) is 8.96. The molecule has 0 bridgehead atoms. The van der Waals surface area contributed by atoms with Crippen LogP contribution in [0.15, 0.2) is 54.6 Å². The molecule has 1 amide bonds. The number of amides is 1. The molecule has 0 aliphatic carbocycles. The Hall–Kier alpha value is -3.49. The van der Waals surface area contributed by atoms with E-state index < -0.39 is 36.3 Å². The van der Waals surface area contributed by atoms with E-state index in [0.29, 0.717) is 28.1 Å². The van der Waals surface area contributed by atoms with Crippen LogP contribution in [-0.4, -0.2) is 44.0 Å². The number of hydrogen-bond donors (Lipinski definition) is 4. The summed E-state index contributed by atoms with van der Waals surface area (Å²) in [6.45, 7) is 8.15. The average molecular weight is 513 g/mol. The zero-order valence-corrected chi connectivity index (χ0v) is 21.8. The van der Waals surface area contributed by atoms with Gasteiger partial charge in [0.05, 0.1) is 29.9 Å². The molecule has 1 heterocycles. The molecule has 37 heavy (non-hydrogen) atoms. The first-order chi connectivity index (χ1) is 17.6. The van der Waals surface area contributed by atoms with Crippen molar-refractivity contribution < 1.29 is 29.3 Å². The van der Waals surface area contributed by atoms with E-state index in [4.69, 9.17) is 10.8 Å². The van der Waals surface area contributed by atoms with Gasteiger partial charge in [0.1, 0.15) is 5.82 Å². The van der Waals surface area contributed by atoms with Crippen LogP contribution < -0.4 is 5.73 Å². The number of carboxylic acids is 1. The van der Waals surface area contributed by atoms with Crippen LogP contribution in [0.4, 0.5) is 4.39 Å². The molecule has 2 atom stereocenters. The Morgan fingerprint density at radius 2 is 1.54 bits per heavy atom. The smallest absolute Gasteiger partial charge is 0.305 e. The number of aliphatic hydroxyl groups excluding tert-OH is 2. The predicted octanol–water partition coefficient (Wildman–Crippen LogP) is 5.19. The summed E-state index contributed by atoms with van der Waals surface area (Å²) in [6, 6.07) is 15.3. The van der Waals surface area contributed by atoms with Crippen LogP contribution in [0.5, 0.6) is 0 Å². The van der Waals surface area contributed by atoms with Gasteiger partial charge in [-0.05, 0) is 54.2 Å². The maximum absolute atomic E-state index is 13.8. The number of rotatable bonds is 11. The zero-order chi connectivity index (χ0) is 27.7. The molecule has 2 aromatic carbocycles. The molecule has 0 saturated carbocycles. The maximum atomic E-state index is 13.8. The van der Waals surface area contributed by atoms with Crippen LogP contribution >= 0.6 is 0 Å². The summed E-state index contributed by atoms with van der Waals surface area (Å²) in [6.07, 6.45) is -2.49. The first kappa shape index (κ1) is 29.7. The van der Waals surface area contributed by atoms with Crippen molar-refractivity contribution in [2.24, 2.45) is 5.73 Å². The number of carbonyl (C=O) groups is 2.